The van der Waals surface area contributed by atoms with Gasteiger partial charge in [-0.3, -0.25) is 0 Å². The standard InChI is InChI=1S/C15H24N2O4S/c1-15(19,8-9-22-4)10-16-14(18)17-11-6-5-7-12(20-2)13(11)21-3/h5-7,19H,8-10H2,1-4H3,(H2,16,17,18)/t15-/m0/s1. The molecule has 1 atom stereocenters. The van der Waals surface area contributed by atoms with E-state index in [-0.39, 0.29) is 6.54 Å². The van der Waals surface area contributed by atoms with E-state index in [1.54, 1.807) is 36.9 Å². The minimum absolute atomic E-state index is 0.172. The van der Waals surface area contributed by atoms with Gasteiger partial charge in [-0.15, -0.1) is 0 Å². The van der Waals surface area contributed by atoms with Crippen LogP contribution in [0.2, 0.25) is 0 Å². The Kier molecular flexibility index (Phi) is 7.34. The molecule has 1 rings (SSSR count). The summed E-state index contributed by atoms with van der Waals surface area (Å²) in [6.45, 7) is 1.88. The molecule has 0 bridgehead atoms. The van der Waals surface area contributed by atoms with Crippen LogP contribution in [0.4, 0.5) is 10.5 Å². The van der Waals surface area contributed by atoms with Gasteiger partial charge in [0.25, 0.3) is 0 Å². The molecular weight excluding hydrogens is 304 g/mol. The third-order valence-electron chi connectivity index (χ3n) is 3.13. The Hall–Kier alpha value is -1.60. The lowest BCUT2D eigenvalue weighted by Crippen LogP contribution is -2.42. The molecule has 0 aromatic heterocycles. The maximum absolute atomic E-state index is 12.0. The molecule has 0 unspecified atom stereocenters. The van der Waals surface area contributed by atoms with E-state index in [1.165, 1.54) is 14.2 Å². The number of hydrogen-bond donors (Lipinski definition) is 3. The van der Waals surface area contributed by atoms with E-state index < -0.39 is 11.6 Å². The number of hydrogen-bond acceptors (Lipinski definition) is 5. The highest BCUT2D eigenvalue weighted by molar-refractivity contribution is 7.98. The lowest BCUT2D eigenvalue weighted by Gasteiger charge is -2.23. The summed E-state index contributed by atoms with van der Waals surface area (Å²) in [5.74, 6) is 1.82. The van der Waals surface area contributed by atoms with Gasteiger partial charge >= 0.3 is 6.03 Å². The Bertz CT molecular complexity index is 494. The van der Waals surface area contributed by atoms with Gasteiger partial charge < -0.3 is 25.2 Å². The number of urea groups is 1. The SMILES string of the molecule is COc1cccc(NC(=O)NC[C@@](C)(O)CCSC)c1OC. The molecule has 0 aliphatic rings. The van der Waals surface area contributed by atoms with Gasteiger partial charge in [0.1, 0.15) is 0 Å². The highest BCUT2D eigenvalue weighted by Crippen LogP contribution is 2.34. The lowest BCUT2D eigenvalue weighted by atomic mass is 10.0. The van der Waals surface area contributed by atoms with E-state index in [2.05, 4.69) is 10.6 Å². The second-order valence-electron chi connectivity index (χ2n) is 5.09. The molecule has 0 aliphatic heterocycles. The number of carbonyl (C=O) groups excluding carboxylic acids is 1. The summed E-state index contributed by atoms with van der Waals surface area (Å²) in [5.41, 5.74) is -0.429. The van der Waals surface area contributed by atoms with Crippen molar-refractivity contribution in [2.75, 3.05) is 38.1 Å². The molecule has 22 heavy (non-hydrogen) atoms. The van der Waals surface area contributed by atoms with Crippen molar-refractivity contribution < 1.29 is 19.4 Å². The molecule has 0 heterocycles. The number of rotatable bonds is 8. The number of anilines is 1. The molecule has 0 aliphatic carbocycles. The van der Waals surface area contributed by atoms with Crippen LogP contribution in [0, 0.1) is 0 Å². The van der Waals surface area contributed by atoms with Crippen LogP contribution < -0.4 is 20.1 Å². The predicted octanol–water partition coefficient (Wildman–Crippen LogP) is 2.33. The Morgan fingerprint density at radius 3 is 2.68 bits per heavy atom. The third kappa shape index (κ3) is 5.65. The summed E-state index contributed by atoms with van der Waals surface area (Å²) in [7, 11) is 3.04. The summed E-state index contributed by atoms with van der Waals surface area (Å²) in [6, 6.07) is 4.81. The van der Waals surface area contributed by atoms with E-state index in [0.717, 1.165) is 5.75 Å². The maximum atomic E-state index is 12.0. The predicted molar refractivity (Wildman–Crippen MR) is 90.2 cm³/mol. The number of nitrogens with one attached hydrogen (secondary N) is 2. The first kappa shape index (κ1) is 18.4. The average molecular weight is 328 g/mol. The van der Waals surface area contributed by atoms with Gasteiger partial charge in [-0.1, -0.05) is 6.07 Å². The molecule has 124 valence electrons. The van der Waals surface area contributed by atoms with Gasteiger partial charge in [0, 0.05) is 6.54 Å². The van der Waals surface area contributed by atoms with Crippen LogP contribution >= 0.6 is 11.8 Å². The van der Waals surface area contributed by atoms with Gasteiger partial charge in [-0.2, -0.15) is 11.8 Å². The molecule has 6 nitrogen and oxygen atoms in total. The van der Waals surface area contributed by atoms with E-state index in [0.29, 0.717) is 23.6 Å². The highest BCUT2D eigenvalue weighted by atomic mass is 32.2. The normalized spacial score (nSPS) is 13.1. The summed E-state index contributed by atoms with van der Waals surface area (Å²) < 4.78 is 10.4. The molecule has 0 radical (unpaired) electrons. The Morgan fingerprint density at radius 2 is 2.09 bits per heavy atom. The van der Waals surface area contributed by atoms with Crippen LogP contribution in [-0.4, -0.2) is 49.5 Å². The van der Waals surface area contributed by atoms with E-state index in [4.69, 9.17) is 9.47 Å². The van der Waals surface area contributed by atoms with Crippen molar-refractivity contribution in [3.8, 4) is 11.5 Å². The fourth-order valence-corrected chi connectivity index (χ4v) is 2.48. The first-order valence-electron chi connectivity index (χ1n) is 6.90. The fourth-order valence-electron chi connectivity index (χ4n) is 1.83. The second kappa shape index (κ2) is 8.75. The molecule has 0 fully saturated rings. The lowest BCUT2D eigenvalue weighted by molar-refractivity contribution is 0.0599. The van der Waals surface area contributed by atoms with Crippen LogP contribution in [-0.2, 0) is 0 Å². The van der Waals surface area contributed by atoms with Crippen molar-refractivity contribution in [3.63, 3.8) is 0 Å². The summed E-state index contributed by atoms with van der Waals surface area (Å²) in [5, 5.41) is 15.5. The van der Waals surface area contributed by atoms with Crippen LogP contribution in [0.1, 0.15) is 13.3 Å². The molecule has 2 amide bonds. The van der Waals surface area contributed by atoms with Crippen LogP contribution in [0.15, 0.2) is 18.2 Å². The van der Waals surface area contributed by atoms with E-state index in [9.17, 15) is 9.90 Å². The second-order valence-corrected chi connectivity index (χ2v) is 6.07. The molecule has 3 N–H and O–H groups in total. The van der Waals surface area contributed by atoms with Gasteiger partial charge in [-0.25, -0.2) is 4.79 Å². The molecule has 0 saturated heterocycles. The largest absolute Gasteiger partial charge is 0.493 e. The number of aliphatic hydroxyl groups is 1. The van der Waals surface area contributed by atoms with Gasteiger partial charge in [0.05, 0.1) is 25.5 Å². The molecule has 1 aromatic carbocycles. The number of methoxy groups -OCH3 is 2. The first-order chi connectivity index (χ1) is 10.4. The summed E-state index contributed by atoms with van der Waals surface area (Å²) in [4.78, 5) is 12.0. The smallest absolute Gasteiger partial charge is 0.319 e. The monoisotopic (exact) mass is 328 g/mol. The average Bonchev–Trinajstić information content (AvgIpc) is 2.51. The van der Waals surface area contributed by atoms with Crippen molar-refractivity contribution >= 4 is 23.5 Å². The van der Waals surface area contributed by atoms with Crippen LogP contribution in [0.3, 0.4) is 0 Å². The Labute approximate surface area is 135 Å². The highest BCUT2D eigenvalue weighted by Gasteiger charge is 2.21. The van der Waals surface area contributed by atoms with Crippen molar-refractivity contribution in [1.82, 2.24) is 5.32 Å². The van der Waals surface area contributed by atoms with Crippen molar-refractivity contribution in [2.45, 2.75) is 18.9 Å². The minimum Gasteiger partial charge on any atom is -0.493 e. The van der Waals surface area contributed by atoms with Crippen LogP contribution in [0.5, 0.6) is 11.5 Å². The van der Waals surface area contributed by atoms with Crippen molar-refractivity contribution in [3.05, 3.63) is 18.2 Å². The Morgan fingerprint density at radius 1 is 1.36 bits per heavy atom. The van der Waals surface area contributed by atoms with Gasteiger partial charge in [0.2, 0.25) is 0 Å². The van der Waals surface area contributed by atoms with Crippen LogP contribution in [0.25, 0.3) is 0 Å². The zero-order chi connectivity index (χ0) is 16.6. The number of ether oxygens (including phenoxy) is 2. The molecule has 0 saturated carbocycles. The van der Waals surface area contributed by atoms with Gasteiger partial charge in [0.15, 0.2) is 11.5 Å². The molecular formula is C15H24N2O4S. The fraction of sp³-hybridized carbons (Fsp3) is 0.533. The summed E-state index contributed by atoms with van der Waals surface area (Å²) in [6.07, 6.45) is 2.59. The number of carbonyl (C=O) groups is 1. The quantitative estimate of drug-likeness (QED) is 0.682. The zero-order valence-electron chi connectivity index (χ0n) is 13.4. The minimum atomic E-state index is -0.932. The maximum Gasteiger partial charge on any atom is 0.319 e. The molecule has 0 spiro atoms. The molecule has 1 aromatic rings. The number of thioether (sulfide) groups is 1. The number of benzene rings is 1. The van der Waals surface area contributed by atoms with Gasteiger partial charge in [-0.05, 0) is 37.5 Å². The number of amides is 2. The van der Waals surface area contributed by atoms with E-state index >= 15 is 0 Å². The topological polar surface area (TPSA) is 79.8 Å². The number of para-hydroxylation sites is 1. The zero-order valence-corrected chi connectivity index (χ0v) is 14.3. The third-order valence-corrected chi connectivity index (χ3v) is 3.74. The summed E-state index contributed by atoms with van der Waals surface area (Å²) >= 11 is 1.66. The van der Waals surface area contributed by atoms with Crippen molar-refractivity contribution in [2.24, 2.45) is 0 Å². The molecule has 7 heteroatoms. The first-order valence-corrected chi connectivity index (χ1v) is 8.30. The Balaban J connectivity index is 2.62. The van der Waals surface area contributed by atoms with Crippen molar-refractivity contribution in [1.29, 1.82) is 0 Å². The van der Waals surface area contributed by atoms with E-state index in [1.807, 2.05) is 6.26 Å².